The molecule has 0 saturated carbocycles. The summed E-state index contributed by atoms with van der Waals surface area (Å²) in [5.41, 5.74) is -10.6. The summed E-state index contributed by atoms with van der Waals surface area (Å²) in [4.78, 5) is 75.2. The lowest BCUT2D eigenvalue weighted by Gasteiger charge is -2.32. The van der Waals surface area contributed by atoms with E-state index >= 15 is 0 Å². The van der Waals surface area contributed by atoms with Gasteiger partial charge in [0.15, 0.2) is 110 Å². The van der Waals surface area contributed by atoms with Crippen LogP contribution in [-0.4, -0.2) is 167 Å². The number of alkyl halides is 15. The topological polar surface area (TPSA) is 288 Å². The van der Waals surface area contributed by atoms with E-state index in [0.717, 1.165) is 120 Å². The number of ether oxygens (including phenoxy) is 8. The molecular weight excluding hydrogens is 1920 g/mol. The molecule has 5 aliphatic heterocycles. The van der Waals surface area contributed by atoms with Crippen molar-refractivity contribution in [2.75, 3.05) is 26.6 Å². The molecule has 11 rings (SSSR count). The van der Waals surface area contributed by atoms with Crippen LogP contribution in [0.2, 0.25) is 20.1 Å². The Bertz CT molecular complexity index is 5260. The van der Waals surface area contributed by atoms with Crippen molar-refractivity contribution in [3.8, 4) is 11.5 Å². The molecule has 5 aliphatic rings. The van der Waals surface area contributed by atoms with Crippen LogP contribution in [0.15, 0.2) is 54.7 Å². The number of carboxylic acids is 1. The number of hydrogen-bond donors (Lipinski definition) is 5. The minimum atomic E-state index is -4.88. The second kappa shape index (κ2) is 39.1. The Balaban J connectivity index is 0.000000225. The zero-order valence-corrected chi connectivity index (χ0v) is 73.4. The first kappa shape index (κ1) is 109. The number of carbonyl (C=O) groups excluding carboxylic acids is 5. The number of nitrogens with two attached hydrogens (primary N) is 1. The van der Waals surface area contributed by atoms with Crippen LogP contribution in [0, 0.1) is 109 Å². The molecule has 2 amide bonds. The molecular formula is C82H78Cl4F25N3O17. The van der Waals surface area contributed by atoms with Crippen LogP contribution >= 0.6 is 46.4 Å². The molecule has 0 aliphatic carbocycles. The number of pyridine rings is 1. The average molecular weight is 1990 g/mol. The van der Waals surface area contributed by atoms with Gasteiger partial charge in [0.25, 0.3) is 11.8 Å². The fourth-order valence-electron chi connectivity index (χ4n) is 16.1. The second-order valence-electron chi connectivity index (χ2n) is 31.8. The third-order valence-electron chi connectivity index (χ3n) is 24.8. The van der Waals surface area contributed by atoms with E-state index < -0.39 is 280 Å². The number of phenols is 2. The first-order valence-electron chi connectivity index (χ1n) is 37.9. The smallest absolute Gasteiger partial charge is 0.417 e. The van der Waals surface area contributed by atoms with E-state index in [1.165, 1.54) is 40.0 Å². The summed E-state index contributed by atoms with van der Waals surface area (Å²) in [5.74, 6) is -36.9. The van der Waals surface area contributed by atoms with Crippen LogP contribution in [0.3, 0.4) is 0 Å². The fourth-order valence-corrected chi connectivity index (χ4v) is 16.9. The molecule has 5 saturated heterocycles. The van der Waals surface area contributed by atoms with Crippen LogP contribution in [0.5, 0.6) is 11.5 Å². The number of halogens is 29. The van der Waals surface area contributed by atoms with Gasteiger partial charge in [0.2, 0.25) is 11.6 Å². The molecule has 20 atom stereocenters. The van der Waals surface area contributed by atoms with Crippen LogP contribution in [-0.2, 0) is 61.9 Å². The number of amides is 2. The first-order chi connectivity index (χ1) is 59.7. The van der Waals surface area contributed by atoms with Crippen molar-refractivity contribution in [1.82, 2.24) is 4.98 Å². The van der Waals surface area contributed by atoms with E-state index in [9.17, 15) is 154 Å². The number of benzene rings is 5. The molecule has 20 nitrogen and oxygen atoms in total. The fraction of sp³-hybridized carbons (Fsp3) is 0.500. The van der Waals surface area contributed by atoms with Gasteiger partial charge in [-0.2, -0.15) is 74.6 Å². The third kappa shape index (κ3) is 20.1. The number of carboxylic acid groups (broad SMARTS) is 1. The number of phenolic OH excluding ortho intramolecular Hbond substituents is 2. The van der Waals surface area contributed by atoms with Gasteiger partial charge in [-0.25, -0.2) is 54.3 Å². The molecule has 0 bridgehead atoms. The van der Waals surface area contributed by atoms with E-state index in [4.69, 9.17) is 75.8 Å². The zero-order valence-electron chi connectivity index (χ0n) is 70.4. The number of aliphatic carboxylic acids is 1. The Labute approximate surface area is 747 Å². The number of nitrogens with one attached hydrogen (secondary N) is 1. The summed E-state index contributed by atoms with van der Waals surface area (Å²) < 4.78 is 379. The number of aromatic hydroxyl groups is 2. The number of aromatic nitrogens is 1. The maximum atomic E-state index is 14.4. The highest BCUT2D eigenvalue weighted by molar-refractivity contribution is 6.32. The van der Waals surface area contributed by atoms with Gasteiger partial charge in [-0.05, 0) is 131 Å². The van der Waals surface area contributed by atoms with Gasteiger partial charge < -0.3 is 64.3 Å². The summed E-state index contributed by atoms with van der Waals surface area (Å²) in [6.45, 7) is 13.2. The Hall–Kier alpha value is -9.12. The third-order valence-corrected chi connectivity index (χ3v) is 25.9. The lowest BCUT2D eigenvalue weighted by Crippen LogP contribution is -2.47. The number of methoxy groups -OCH3 is 3. The molecule has 0 radical (unpaired) electrons. The minimum Gasteiger partial charge on any atom is -0.505 e. The van der Waals surface area contributed by atoms with Crippen molar-refractivity contribution in [1.29, 1.82) is 0 Å². The maximum Gasteiger partial charge on any atom is 0.417 e. The van der Waals surface area contributed by atoms with Crippen molar-refractivity contribution in [2.24, 2.45) is 35.3 Å². The standard InChI is InChI=1S/C21H19ClF5N3O3.C16H16ClF5O3.C15H14ClF5O4.C15H14ClF5O3.C15H15F5O4/c1-8-11(7-12(22)16(24)15(8)23)14-9(2)20(3,21(25,26)27)33-17(14)19(32)30-10-4-5-29-13(6-10)18(28)31;1-6-8(5-9(17)12(19)11(6)18)10-7(2)15(3,16(20,21)22)25-13(10)14(23)24-4;1-5-8(6-4-7(16)9(17)10(18)11(6)22)12(13(23)24-3)25-14(5,2)15(19,20)21;1-5-7(4-8(16)11(18)10(5)17)9-6(2)14(3,15(19,20)21)24-12(9)13(22)23;1-6-9(7-4-5-8(16)10(17)11(7)21)12(13(22)23-3)24-14(6,2)15(18,19)20/h4-7,9,14,17H,1-3H3,(H2,28,31)(H,29,30,32);5,7,10,13H,1-4H3;4-5,8,12,22H,1-3H3;4,6,9,12H,1-3H3,(H,22,23);4-6,9,12,21H,1-3H3/t9-,14-,17+,20+;7-,10-,13-,15+;5-,8-,12-,14+;6-,9-,12+,14+;6-,9-,12-,14+/m00000/s1. The SMILES string of the molecule is COC(=O)[C@H]1O[C@@](C)(C(F)(F)F)[C@@H](C)[C@H]1c1cc(Cl)c(F)c(F)c1C.COC(=O)[C@H]1O[C@@](C)(C(F)(F)F)[C@@H](C)[C@H]1c1cc(Cl)c(F)c(F)c1O.COC(=O)[C@H]1O[C@@](C)(C(F)(F)F)[C@@H](C)[C@H]1c1ccc(F)c(F)c1O.Cc1c([C@H]2[C@H](C(=O)Nc3ccnc(C(N)=O)c3)O[C@@](C)(C(F)(F)F)[C@H]2C)cc(Cl)c(F)c1F.Cc1c([C@H]2[C@H](C(=O)O)O[C@@](C)(C(F)(F)F)[C@H]2C)cc(Cl)c(F)c1F. The van der Waals surface area contributed by atoms with Crippen LogP contribution in [0.25, 0.3) is 0 Å². The van der Waals surface area contributed by atoms with Gasteiger partial charge in [0.1, 0.15) is 11.8 Å². The number of hydrogen-bond acceptors (Lipinski definition) is 17. The molecule has 131 heavy (non-hydrogen) atoms. The van der Waals surface area contributed by atoms with E-state index in [-0.39, 0.29) is 50.3 Å². The van der Waals surface area contributed by atoms with Crippen LogP contribution < -0.4 is 11.1 Å². The summed E-state index contributed by atoms with van der Waals surface area (Å²) >= 11 is 22.5. The van der Waals surface area contributed by atoms with Crippen LogP contribution in [0.1, 0.15) is 154 Å². The normalized spacial score (nSPS) is 28.9. The Morgan fingerprint density at radius 3 is 0.947 bits per heavy atom. The quantitative estimate of drug-likeness (QED) is 0.0329. The Kier molecular flexibility index (Phi) is 32.5. The molecule has 5 fully saturated rings. The number of nitrogens with zero attached hydrogens (tertiary/aromatic N) is 1. The second-order valence-corrected chi connectivity index (χ2v) is 33.4. The minimum absolute atomic E-state index is 0.0273. The average Bonchev–Trinajstić information content (AvgIpc) is 1.59. The Morgan fingerprint density at radius 2 is 0.649 bits per heavy atom. The summed E-state index contributed by atoms with van der Waals surface area (Å²) in [6.07, 6.45) is -31.8. The molecule has 6 N–H and O–H groups in total. The molecule has 0 unspecified atom stereocenters. The van der Waals surface area contributed by atoms with Gasteiger partial charge in [0, 0.05) is 82.2 Å². The predicted octanol–water partition coefficient (Wildman–Crippen LogP) is 20.7. The highest BCUT2D eigenvalue weighted by Gasteiger charge is 2.71. The van der Waals surface area contributed by atoms with Crippen molar-refractivity contribution in [2.45, 2.75) is 209 Å². The lowest BCUT2D eigenvalue weighted by atomic mass is 9.76. The van der Waals surface area contributed by atoms with Gasteiger partial charge in [-0.15, -0.1) is 0 Å². The van der Waals surface area contributed by atoms with Crippen molar-refractivity contribution >= 4 is 87.8 Å². The van der Waals surface area contributed by atoms with Gasteiger partial charge in [-0.1, -0.05) is 87.1 Å². The summed E-state index contributed by atoms with van der Waals surface area (Å²) in [7, 11) is 2.90. The first-order valence-corrected chi connectivity index (χ1v) is 39.4. The highest BCUT2D eigenvalue weighted by Crippen LogP contribution is 2.61. The van der Waals surface area contributed by atoms with Gasteiger partial charge >= 0.3 is 54.8 Å². The number of primary amides is 1. The van der Waals surface area contributed by atoms with E-state index in [0.29, 0.717) is 6.07 Å². The number of rotatable bonds is 12. The summed E-state index contributed by atoms with van der Waals surface area (Å²) in [6, 6.07) is 7.77. The van der Waals surface area contributed by atoms with Crippen molar-refractivity contribution in [3.05, 3.63) is 183 Å². The maximum absolute atomic E-state index is 14.4. The van der Waals surface area contributed by atoms with E-state index in [1.54, 1.807) is 0 Å². The molecule has 6 aromatic rings. The number of carbonyl (C=O) groups is 6. The van der Waals surface area contributed by atoms with Crippen molar-refractivity contribution in [3.63, 3.8) is 0 Å². The number of anilines is 1. The molecule has 6 heterocycles. The summed E-state index contributed by atoms with van der Waals surface area (Å²) in [5, 5.41) is 28.7. The van der Waals surface area contributed by atoms with Gasteiger partial charge in [-0.3, -0.25) is 14.6 Å². The predicted molar refractivity (Wildman–Crippen MR) is 411 cm³/mol. The van der Waals surface area contributed by atoms with E-state index in [1.807, 2.05) is 0 Å². The number of esters is 3. The lowest BCUT2D eigenvalue weighted by molar-refractivity contribution is -0.274. The molecule has 49 heteroatoms. The van der Waals surface area contributed by atoms with E-state index in [2.05, 4.69) is 24.5 Å². The zero-order chi connectivity index (χ0) is 101. The molecule has 726 valence electrons. The van der Waals surface area contributed by atoms with Crippen LogP contribution in [0.4, 0.5) is 115 Å². The monoisotopic (exact) mass is 1990 g/mol. The highest BCUT2D eigenvalue weighted by atomic mass is 35.5. The largest absolute Gasteiger partial charge is 0.505 e. The molecule has 5 aromatic carbocycles. The van der Waals surface area contributed by atoms with Crippen molar-refractivity contribution < 1.29 is 192 Å². The molecule has 0 spiro atoms. The molecule has 1 aromatic heterocycles. The Morgan fingerprint density at radius 1 is 0.389 bits per heavy atom. The van der Waals surface area contributed by atoms with Gasteiger partial charge in [0.05, 0.1) is 41.4 Å².